The fourth-order valence-electron chi connectivity index (χ4n) is 2.29. The highest BCUT2D eigenvalue weighted by atomic mass is 16.1. The third-order valence-corrected chi connectivity index (χ3v) is 2.86. The highest BCUT2D eigenvalue weighted by Gasteiger charge is 2.28. The summed E-state index contributed by atoms with van der Waals surface area (Å²) in [4.78, 5) is 13.4. The van der Waals surface area contributed by atoms with Crippen LogP contribution >= 0.6 is 0 Å². The Bertz CT molecular complexity index is 230. The molecule has 0 aromatic heterocycles. The molecule has 0 amide bonds. The van der Waals surface area contributed by atoms with Crippen LogP contribution in [0.1, 0.15) is 13.8 Å². The summed E-state index contributed by atoms with van der Waals surface area (Å²) in [6.45, 7) is 10.2. The molecule has 1 fully saturated rings. The molecule has 0 saturated carbocycles. The number of carbonyl (C=O) groups is 1. The lowest BCUT2D eigenvalue weighted by atomic mass is 10.1. The first-order chi connectivity index (χ1) is 7.08. The lowest BCUT2D eigenvalue weighted by molar-refractivity contribution is -0.117. The van der Waals surface area contributed by atoms with E-state index >= 15 is 0 Å². The molecule has 0 aromatic rings. The smallest absolute Gasteiger partial charge is 0.169 e. The van der Waals surface area contributed by atoms with Crippen LogP contribution in [-0.4, -0.2) is 54.5 Å². The molecule has 4 nitrogen and oxygen atoms in total. The Morgan fingerprint density at radius 2 is 2.00 bits per heavy atom. The molecule has 1 aliphatic heterocycles. The monoisotopic (exact) mass is 211 g/mol. The van der Waals surface area contributed by atoms with Gasteiger partial charge < -0.3 is 0 Å². The Morgan fingerprint density at radius 3 is 2.40 bits per heavy atom. The second-order valence-electron chi connectivity index (χ2n) is 4.19. The maximum atomic E-state index is 11.3. The van der Waals surface area contributed by atoms with Gasteiger partial charge in [-0.3, -0.25) is 15.1 Å². The minimum Gasteiger partial charge on any atom is -0.293 e. The fourth-order valence-corrected chi connectivity index (χ4v) is 2.29. The maximum absolute atomic E-state index is 11.3. The maximum Gasteiger partial charge on any atom is 0.169 e. The number of hydrazine groups is 1. The molecule has 0 aromatic carbocycles. The highest BCUT2D eigenvalue weighted by molar-refractivity contribution is 5.90. The van der Waals surface area contributed by atoms with E-state index in [9.17, 15) is 4.79 Å². The van der Waals surface area contributed by atoms with Crippen LogP contribution in [0, 0.1) is 0 Å². The topological polar surface area (TPSA) is 35.6 Å². The molecule has 0 bridgehead atoms. The van der Waals surface area contributed by atoms with Gasteiger partial charge in [-0.25, -0.2) is 5.01 Å². The first-order valence-electron chi connectivity index (χ1n) is 5.41. The molecule has 86 valence electrons. The zero-order valence-corrected chi connectivity index (χ0v) is 9.86. The number of ketones is 1. The lowest BCUT2D eigenvalue weighted by Gasteiger charge is -2.43. The average molecular weight is 211 g/mol. The van der Waals surface area contributed by atoms with E-state index in [0.717, 1.165) is 13.1 Å². The zero-order valence-electron chi connectivity index (χ0n) is 9.86. The number of rotatable bonds is 4. The fraction of sp³-hybridized carbons (Fsp3) is 0.727. The molecule has 1 heterocycles. The molecule has 0 radical (unpaired) electrons. The predicted octanol–water partition coefficient (Wildman–Crippen LogP) is 0.270. The first-order valence-corrected chi connectivity index (χ1v) is 5.41. The minimum atomic E-state index is 0.104. The third-order valence-electron chi connectivity index (χ3n) is 2.86. The van der Waals surface area contributed by atoms with Gasteiger partial charge in [0, 0.05) is 25.2 Å². The van der Waals surface area contributed by atoms with Crippen LogP contribution in [0.2, 0.25) is 0 Å². The van der Waals surface area contributed by atoms with Gasteiger partial charge in [-0.1, -0.05) is 6.58 Å². The number of hydrogen-bond acceptors (Lipinski definition) is 4. The van der Waals surface area contributed by atoms with E-state index in [-0.39, 0.29) is 5.78 Å². The van der Waals surface area contributed by atoms with Crippen LogP contribution in [0.4, 0.5) is 0 Å². The minimum absolute atomic E-state index is 0.104. The molecule has 1 rings (SSSR count). The number of nitrogens with zero attached hydrogens (tertiary/aromatic N) is 2. The van der Waals surface area contributed by atoms with Crippen LogP contribution in [-0.2, 0) is 4.79 Å². The van der Waals surface area contributed by atoms with Crippen molar-refractivity contribution in [2.75, 3.05) is 26.7 Å². The summed E-state index contributed by atoms with van der Waals surface area (Å²) in [7, 11) is 1.94. The molecular weight excluding hydrogens is 190 g/mol. The van der Waals surface area contributed by atoms with Crippen molar-refractivity contribution in [2.24, 2.45) is 0 Å². The SMILES string of the molecule is C=CC(=O)CN1C[C@H](C)N(NC)[C@@H](C)C1. The van der Waals surface area contributed by atoms with Crippen LogP contribution < -0.4 is 5.43 Å². The van der Waals surface area contributed by atoms with Crippen molar-refractivity contribution in [1.29, 1.82) is 0 Å². The standard InChI is InChI=1S/C11H21N3O/c1-5-11(15)8-13-6-9(2)14(12-4)10(3)7-13/h5,9-10,12H,1,6-8H2,2-4H3/t9-,10-/m0/s1. The van der Waals surface area contributed by atoms with E-state index in [1.54, 1.807) is 0 Å². The van der Waals surface area contributed by atoms with Gasteiger partial charge in [0.25, 0.3) is 0 Å². The summed E-state index contributed by atoms with van der Waals surface area (Å²) in [5.41, 5.74) is 3.19. The number of hydrogen-bond donors (Lipinski definition) is 1. The average Bonchev–Trinajstić information content (AvgIpc) is 2.17. The van der Waals surface area contributed by atoms with Gasteiger partial charge in [-0.15, -0.1) is 0 Å². The van der Waals surface area contributed by atoms with Crippen LogP contribution in [0.25, 0.3) is 0 Å². The van der Waals surface area contributed by atoms with Gasteiger partial charge in [0.15, 0.2) is 5.78 Å². The van der Waals surface area contributed by atoms with Crippen molar-refractivity contribution < 1.29 is 4.79 Å². The molecular formula is C11H21N3O. The molecule has 15 heavy (non-hydrogen) atoms. The summed E-state index contributed by atoms with van der Waals surface area (Å²) >= 11 is 0. The lowest BCUT2D eigenvalue weighted by Crippen LogP contribution is -2.61. The van der Waals surface area contributed by atoms with Crippen molar-refractivity contribution in [3.05, 3.63) is 12.7 Å². The Labute approximate surface area is 91.9 Å². The van der Waals surface area contributed by atoms with Gasteiger partial charge in [0.05, 0.1) is 6.54 Å². The number of piperazine rings is 1. The molecule has 1 N–H and O–H groups in total. The summed E-state index contributed by atoms with van der Waals surface area (Å²) in [5.74, 6) is 0.104. The Hall–Kier alpha value is -0.710. The van der Waals surface area contributed by atoms with E-state index < -0.39 is 0 Å². The van der Waals surface area contributed by atoms with E-state index in [4.69, 9.17) is 0 Å². The number of carbonyl (C=O) groups excluding carboxylic acids is 1. The molecule has 0 aliphatic carbocycles. The van der Waals surface area contributed by atoms with Crippen LogP contribution in [0.5, 0.6) is 0 Å². The highest BCUT2D eigenvalue weighted by Crippen LogP contribution is 2.12. The Balaban J connectivity index is 2.52. The second kappa shape index (κ2) is 5.39. The third kappa shape index (κ3) is 3.12. The summed E-state index contributed by atoms with van der Waals surface area (Å²) in [6, 6.07) is 0.854. The van der Waals surface area contributed by atoms with Gasteiger partial charge in [-0.2, -0.15) is 0 Å². The normalized spacial score (nSPS) is 29.0. The summed E-state index contributed by atoms with van der Waals surface area (Å²) in [6.07, 6.45) is 1.40. The largest absolute Gasteiger partial charge is 0.293 e. The predicted molar refractivity (Wildman–Crippen MR) is 61.5 cm³/mol. The van der Waals surface area contributed by atoms with Crippen molar-refractivity contribution in [3.63, 3.8) is 0 Å². The molecule has 2 atom stereocenters. The molecule has 0 unspecified atom stereocenters. The van der Waals surface area contributed by atoms with Crippen LogP contribution in [0.15, 0.2) is 12.7 Å². The van der Waals surface area contributed by atoms with Crippen LogP contribution in [0.3, 0.4) is 0 Å². The molecule has 1 saturated heterocycles. The first kappa shape index (κ1) is 12.4. The summed E-state index contributed by atoms with van der Waals surface area (Å²) in [5, 5.41) is 2.23. The quantitative estimate of drug-likeness (QED) is 0.677. The van der Waals surface area contributed by atoms with Crippen molar-refractivity contribution >= 4 is 5.78 Å². The van der Waals surface area contributed by atoms with E-state index in [1.807, 2.05) is 7.05 Å². The van der Waals surface area contributed by atoms with E-state index in [2.05, 4.69) is 35.8 Å². The Morgan fingerprint density at radius 1 is 1.47 bits per heavy atom. The molecule has 1 aliphatic rings. The summed E-state index contributed by atoms with van der Waals surface area (Å²) < 4.78 is 0. The van der Waals surface area contributed by atoms with Gasteiger partial charge >= 0.3 is 0 Å². The Kier molecular flexibility index (Phi) is 4.45. The van der Waals surface area contributed by atoms with Crippen molar-refractivity contribution in [2.45, 2.75) is 25.9 Å². The van der Waals surface area contributed by atoms with Crippen molar-refractivity contribution in [3.8, 4) is 0 Å². The molecule has 0 spiro atoms. The second-order valence-corrected chi connectivity index (χ2v) is 4.19. The van der Waals surface area contributed by atoms with Gasteiger partial charge in [0.1, 0.15) is 0 Å². The van der Waals surface area contributed by atoms with Gasteiger partial charge in [-0.05, 0) is 27.0 Å². The van der Waals surface area contributed by atoms with E-state index in [0.29, 0.717) is 18.6 Å². The molecule has 4 heteroatoms. The van der Waals surface area contributed by atoms with Crippen molar-refractivity contribution in [1.82, 2.24) is 15.3 Å². The van der Waals surface area contributed by atoms with Gasteiger partial charge in [0.2, 0.25) is 0 Å². The zero-order chi connectivity index (χ0) is 11.4. The van der Waals surface area contributed by atoms with E-state index in [1.165, 1.54) is 6.08 Å². The number of nitrogens with one attached hydrogen (secondary N) is 1.